The van der Waals surface area contributed by atoms with Crippen LogP contribution in [-0.4, -0.2) is 17.8 Å². The van der Waals surface area contributed by atoms with E-state index in [1.54, 1.807) is 0 Å². The molecule has 0 aromatic rings. The van der Waals surface area contributed by atoms with Gasteiger partial charge in [-0.1, -0.05) is 40.5 Å². The third-order valence-corrected chi connectivity index (χ3v) is 7.36. The van der Waals surface area contributed by atoms with Gasteiger partial charge in [-0.05, 0) is 86.9 Å². The first-order valence-electron chi connectivity index (χ1n) is 10.8. The summed E-state index contributed by atoms with van der Waals surface area (Å²) in [5.41, 5.74) is 0. The summed E-state index contributed by atoms with van der Waals surface area (Å²) in [6.07, 6.45) is 9.89. The predicted molar refractivity (Wildman–Crippen MR) is 107 cm³/mol. The third-order valence-electron chi connectivity index (χ3n) is 7.36. The van der Waals surface area contributed by atoms with E-state index in [4.69, 9.17) is 0 Å². The molecule has 3 heteroatoms. The molecule has 0 heterocycles. The van der Waals surface area contributed by atoms with Crippen molar-refractivity contribution in [1.82, 2.24) is 0 Å². The van der Waals surface area contributed by atoms with Gasteiger partial charge in [0.1, 0.15) is 12.3 Å². The molecule has 154 valence electrons. The van der Waals surface area contributed by atoms with Crippen LogP contribution in [0.3, 0.4) is 0 Å². The van der Waals surface area contributed by atoms with Crippen molar-refractivity contribution in [3.05, 3.63) is 0 Å². The zero-order valence-electron chi connectivity index (χ0n) is 16.9. The Kier molecular flexibility index (Phi) is 9.92. The number of alkyl halides is 2. The third kappa shape index (κ3) is 5.65. The molecule has 25 heavy (non-hydrogen) atoms. The van der Waals surface area contributed by atoms with Gasteiger partial charge >= 0.3 is 0 Å². The Balaban J connectivity index is 0. The fourth-order valence-corrected chi connectivity index (χ4v) is 5.62. The highest BCUT2D eigenvalue weighted by Gasteiger charge is 2.43. The lowest BCUT2D eigenvalue weighted by Crippen LogP contribution is -2.41. The lowest BCUT2D eigenvalue weighted by molar-refractivity contribution is -0.00996. The van der Waals surface area contributed by atoms with Crippen molar-refractivity contribution in [2.45, 2.75) is 104 Å². The van der Waals surface area contributed by atoms with Crippen molar-refractivity contribution in [3.63, 3.8) is 0 Å². The van der Waals surface area contributed by atoms with Crippen LogP contribution < -0.4 is 0 Å². The summed E-state index contributed by atoms with van der Waals surface area (Å²) in [6.45, 7) is 8.25. The van der Waals surface area contributed by atoms with Gasteiger partial charge < -0.3 is 5.48 Å². The predicted octanol–water partition coefficient (Wildman–Crippen LogP) is 7.03. The monoisotopic (exact) mass is 364 g/mol. The summed E-state index contributed by atoms with van der Waals surface area (Å²) >= 11 is 0. The lowest BCUT2D eigenvalue weighted by atomic mass is 9.64. The Hall–Kier alpha value is -0.180. The second-order valence-corrected chi connectivity index (χ2v) is 8.80. The summed E-state index contributed by atoms with van der Waals surface area (Å²) in [4.78, 5) is 0. The van der Waals surface area contributed by atoms with Gasteiger partial charge in [-0.3, -0.25) is 0 Å². The minimum atomic E-state index is -1.21. The summed E-state index contributed by atoms with van der Waals surface area (Å²) in [7, 11) is 0. The standard InChI is InChI=1S/C20H34F2.C2H6.H2O.2H2/c1-13-3-6-15(7-4-13)16-8-10-17(11-9-16)18-12-5-14(2)19(21)20(18)22;1-2;;;/h13-20H,3-12H2,1-2H3;1-2H3;1H2;2*1H. The Bertz CT molecular complexity index is 356. The molecule has 0 aliphatic heterocycles. The molecule has 3 fully saturated rings. The number of rotatable bonds is 2. The topological polar surface area (TPSA) is 31.5 Å². The maximum Gasteiger partial charge on any atom is 0.134 e. The molecule has 0 amide bonds. The van der Waals surface area contributed by atoms with E-state index in [1.165, 1.54) is 38.5 Å². The molecule has 0 bridgehead atoms. The van der Waals surface area contributed by atoms with Crippen molar-refractivity contribution in [2.75, 3.05) is 0 Å². The first kappa shape index (κ1) is 22.9. The molecule has 1 nitrogen and oxygen atoms in total. The van der Waals surface area contributed by atoms with Gasteiger partial charge in [-0.25, -0.2) is 8.78 Å². The number of hydrogen-bond acceptors (Lipinski definition) is 0. The fourth-order valence-electron chi connectivity index (χ4n) is 5.62. The van der Waals surface area contributed by atoms with Gasteiger partial charge in [-0.2, -0.15) is 0 Å². The molecule has 0 saturated heterocycles. The molecule has 0 aromatic carbocycles. The highest BCUT2D eigenvalue weighted by Crippen LogP contribution is 2.46. The van der Waals surface area contributed by atoms with E-state index >= 15 is 0 Å². The van der Waals surface area contributed by atoms with Gasteiger partial charge in [0.25, 0.3) is 0 Å². The molecular formula is C22H46F2O. The Labute approximate surface area is 157 Å². The summed E-state index contributed by atoms with van der Waals surface area (Å²) in [5, 5.41) is 0. The van der Waals surface area contributed by atoms with Crippen LogP contribution in [0.25, 0.3) is 0 Å². The molecule has 0 aromatic heterocycles. The van der Waals surface area contributed by atoms with Gasteiger partial charge in [0, 0.05) is 2.85 Å². The zero-order chi connectivity index (χ0) is 17.7. The largest absolute Gasteiger partial charge is 0.412 e. The molecule has 3 aliphatic rings. The number of hydrogen-bond donors (Lipinski definition) is 0. The van der Waals surface area contributed by atoms with Crippen LogP contribution in [0.5, 0.6) is 0 Å². The molecule has 2 N–H and O–H groups in total. The van der Waals surface area contributed by atoms with Crippen molar-refractivity contribution >= 4 is 0 Å². The SMILES string of the molecule is CC.CC1CCC(C2CCC(C3CCC(C)C(F)C3F)CC2)CC1.O.[HH].[HH]. The Morgan fingerprint density at radius 3 is 1.56 bits per heavy atom. The van der Waals surface area contributed by atoms with Crippen LogP contribution >= 0.6 is 0 Å². The van der Waals surface area contributed by atoms with Crippen molar-refractivity contribution < 1.29 is 17.1 Å². The van der Waals surface area contributed by atoms with Gasteiger partial charge in [0.05, 0.1) is 0 Å². The molecular weight excluding hydrogens is 318 g/mol. The van der Waals surface area contributed by atoms with Crippen LogP contribution in [-0.2, 0) is 0 Å². The second kappa shape index (κ2) is 10.8. The quantitative estimate of drug-likeness (QED) is 0.503. The minimum Gasteiger partial charge on any atom is -0.412 e. The highest BCUT2D eigenvalue weighted by molar-refractivity contribution is 4.92. The van der Waals surface area contributed by atoms with Crippen LogP contribution in [0.2, 0.25) is 0 Å². The van der Waals surface area contributed by atoms with Crippen molar-refractivity contribution in [3.8, 4) is 0 Å². The maximum absolute atomic E-state index is 14.4. The number of halogens is 2. The average molecular weight is 365 g/mol. The highest BCUT2D eigenvalue weighted by atomic mass is 19.2. The fraction of sp³-hybridized carbons (Fsp3) is 1.00. The van der Waals surface area contributed by atoms with E-state index in [0.29, 0.717) is 5.92 Å². The minimum absolute atomic E-state index is 0. The van der Waals surface area contributed by atoms with Crippen LogP contribution in [0.15, 0.2) is 0 Å². The second-order valence-electron chi connectivity index (χ2n) is 8.80. The normalized spacial score (nSPS) is 44.9. The zero-order valence-corrected chi connectivity index (χ0v) is 16.9. The molecule has 3 saturated carbocycles. The molecule has 4 unspecified atom stereocenters. The lowest BCUT2D eigenvalue weighted by Gasteiger charge is -2.42. The smallest absolute Gasteiger partial charge is 0.134 e. The van der Waals surface area contributed by atoms with Crippen molar-refractivity contribution in [1.29, 1.82) is 0 Å². The van der Waals surface area contributed by atoms with Crippen molar-refractivity contribution in [2.24, 2.45) is 35.5 Å². The first-order chi connectivity index (χ1) is 11.6. The van der Waals surface area contributed by atoms with E-state index in [-0.39, 0.29) is 20.2 Å². The van der Waals surface area contributed by atoms with E-state index in [0.717, 1.165) is 43.4 Å². The Morgan fingerprint density at radius 1 is 0.600 bits per heavy atom. The first-order valence-corrected chi connectivity index (χ1v) is 10.8. The molecule has 0 radical (unpaired) electrons. The van der Waals surface area contributed by atoms with Crippen LogP contribution in [0.4, 0.5) is 8.78 Å². The van der Waals surface area contributed by atoms with Crippen LogP contribution in [0, 0.1) is 35.5 Å². The van der Waals surface area contributed by atoms with E-state index in [1.807, 2.05) is 20.8 Å². The summed E-state index contributed by atoms with van der Waals surface area (Å²) in [6, 6.07) is 0. The van der Waals surface area contributed by atoms with Gasteiger partial charge in [0.15, 0.2) is 0 Å². The molecule has 3 rings (SSSR count). The molecule has 0 spiro atoms. The van der Waals surface area contributed by atoms with Crippen LogP contribution in [0.1, 0.15) is 94.8 Å². The summed E-state index contributed by atoms with van der Waals surface area (Å²) in [5.74, 6) is 3.12. The maximum atomic E-state index is 14.4. The van der Waals surface area contributed by atoms with Gasteiger partial charge in [0.2, 0.25) is 0 Å². The van der Waals surface area contributed by atoms with E-state index < -0.39 is 12.3 Å². The molecule has 3 aliphatic carbocycles. The van der Waals surface area contributed by atoms with E-state index in [9.17, 15) is 8.78 Å². The molecule has 4 atom stereocenters. The average Bonchev–Trinajstić information content (AvgIpc) is 2.63. The Morgan fingerprint density at radius 2 is 1.04 bits per heavy atom. The summed E-state index contributed by atoms with van der Waals surface area (Å²) < 4.78 is 28.4. The van der Waals surface area contributed by atoms with Gasteiger partial charge in [-0.15, -0.1) is 0 Å². The van der Waals surface area contributed by atoms with E-state index in [2.05, 4.69) is 6.92 Å².